The fourth-order valence-corrected chi connectivity index (χ4v) is 3.58. The summed E-state index contributed by atoms with van der Waals surface area (Å²) in [5.41, 5.74) is 2.66. The highest BCUT2D eigenvalue weighted by molar-refractivity contribution is 6.46. The zero-order chi connectivity index (χ0) is 22.3. The molecule has 3 aromatic rings. The third kappa shape index (κ3) is 3.82. The van der Waals surface area contributed by atoms with E-state index in [1.807, 2.05) is 19.9 Å². The Labute approximate surface area is 176 Å². The van der Waals surface area contributed by atoms with Gasteiger partial charge in [-0.2, -0.15) is 0 Å². The van der Waals surface area contributed by atoms with Gasteiger partial charge in [0, 0.05) is 11.8 Å². The van der Waals surface area contributed by atoms with E-state index in [1.54, 1.807) is 12.1 Å². The van der Waals surface area contributed by atoms with Gasteiger partial charge in [-0.1, -0.05) is 18.2 Å². The molecule has 0 saturated heterocycles. The van der Waals surface area contributed by atoms with E-state index < -0.39 is 29.3 Å². The summed E-state index contributed by atoms with van der Waals surface area (Å²) >= 11 is 0. The van der Waals surface area contributed by atoms with E-state index in [2.05, 4.69) is 5.32 Å². The van der Waals surface area contributed by atoms with E-state index in [0.29, 0.717) is 11.3 Å². The number of nitrogens with one attached hydrogen (secondary N) is 1. The summed E-state index contributed by atoms with van der Waals surface area (Å²) in [5.74, 6) is -4.23. The average Bonchev–Trinajstić information content (AvgIpc) is 2.94. The van der Waals surface area contributed by atoms with Gasteiger partial charge < -0.3 is 5.32 Å². The van der Waals surface area contributed by atoms with Gasteiger partial charge in [0.25, 0.3) is 11.8 Å². The molecule has 0 radical (unpaired) electrons. The van der Waals surface area contributed by atoms with Crippen molar-refractivity contribution in [1.82, 2.24) is 0 Å². The molecule has 4 nitrogen and oxygen atoms in total. The smallest absolute Gasteiger partial charge is 0.282 e. The lowest BCUT2D eigenvalue weighted by atomic mass is 10.0. The maximum absolute atomic E-state index is 13.8. The predicted octanol–water partition coefficient (Wildman–Crippen LogP) is 5.12. The van der Waals surface area contributed by atoms with Crippen LogP contribution in [0.15, 0.2) is 66.4 Å². The molecule has 0 fully saturated rings. The molecule has 7 heteroatoms. The number of imide groups is 1. The maximum Gasteiger partial charge on any atom is 0.282 e. The Morgan fingerprint density at radius 1 is 0.742 bits per heavy atom. The predicted molar refractivity (Wildman–Crippen MR) is 112 cm³/mol. The van der Waals surface area contributed by atoms with Gasteiger partial charge in [0.05, 0.1) is 11.3 Å². The van der Waals surface area contributed by atoms with Gasteiger partial charge in [0.1, 0.15) is 11.5 Å². The van der Waals surface area contributed by atoms with Gasteiger partial charge in [-0.15, -0.1) is 0 Å². The number of hydrogen-bond acceptors (Lipinski definition) is 3. The summed E-state index contributed by atoms with van der Waals surface area (Å²) in [5, 5.41) is 3.00. The van der Waals surface area contributed by atoms with E-state index in [4.69, 9.17) is 0 Å². The quantitative estimate of drug-likeness (QED) is 0.594. The minimum atomic E-state index is -1.18. The molecule has 1 N–H and O–H groups in total. The highest BCUT2D eigenvalue weighted by atomic mass is 19.2. The Hall–Kier alpha value is -3.87. The molecule has 1 aliphatic rings. The number of nitrogens with zero attached hydrogens (tertiary/aromatic N) is 1. The largest absolute Gasteiger partial charge is 0.350 e. The third-order valence-corrected chi connectivity index (χ3v) is 4.87. The minimum Gasteiger partial charge on any atom is -0.350 e. The number of carbonyl (C=O) groups is 2. The highest BCUT2D eigenvalue weighted by Crippen LogP contribution is 2.34. The zero-order valence-corrected chi connectivity index (χ0v) is 16.7. The van der Waals surface area contributed by atoms with E-state index in [1.165, 1.54) is 24.3 Å². The molecule has 0 bridgehead atoms. The van der Waals surface area contributed by atoms with Crippen LogP contribution in [0.25, 0.3) is 5.57 Å². The lowest BCUT2D eigenvalue weighted by Crippen LogP contribution is -2.32. The van der Waals surface area contributed by atoms with Gasteiger partial charge >= 0.3 is 0 Å². The molecule has 0 atom stereocenters. The number of amides is 2. The number of aryl methyl sites for hydroxylation is 2. The van der Waals surface area contributed by atoms with Crippen LogP contribution in [0.1, 0.15) is 16.7 Å². The summed E-state index contributed by atoms with van der Waals surface area (Å²) in [4.78, 5) is 27.2. The van der Waals surface area contributed by atoms with E-state index in [-0.39, 0.29) is 17.0 Å². The van der Waals surface area contributed by atoms with Crippen LogP contribution in [0.4, 0.5) is 24.5 Å². The van der Waals surface area contributed by atoms with Crippen LogP contribution in [0, 0.1) is 31.3 Å². The van der Waals surface area contributed by atoms with Crippen molar-refractivity contribution < 1.29 is 22.8 Å². The van der Waals surface area contributed by atoms with Crippen molar-refractivity contribution in [1.29, 1.82) is 0 Å². The van der Waals surface area contributed by atoms with Crippen LogP contribution >= 0.6 is 0 Å². The van der Waals surface area contributed by atoms with E-state index in [0.717, 1.165) is 34.2 Å². The Kier molecular flexibility index (Phi) is 5.10. The van der Waals surface area contributed by atoms with Crippen molar-refractivity contribution in [3.8, 4) is 0 Å². The standard InChI is InChI=1S/C24H17F3N2O2/c1-13-9-14(2)11-17(10-13)28-22-21(15-3-5-16(25)6-4-15)23(30)29(24(22)31)18-7-8-19(26)20(27)12-18/h3-12,28H,1-2H3. The molecule has 0 aliphatic carbocycles. The fraction of sp³-hybridized carbons (Fsp3) is 0.0833. The van der Waals surface area contributed by atoms with E-state index >= 15 is 0 Å². The molecule has 3 aromatic carbocycles. The second kappa shape index (κ2) is 7.75. The van der Waals surface area contributed by atoms with Crippen LogP contribution in [-0.2, 0) is 9.59 Å². The number of carbonyl (C=O) groups excluding carboxylic acids is 2. The second-order valence-electron chi connectivity index (χ2n) is 7.30. The van der Waals surface area contributed by atoms with Crippen LogP contribution in [0.5, 0.6) is 0 Å². The first-order valence-corrected chi connectivity index (χ1v) is 9.44. The zero-order valence-electron chi connectivity index (χ0n) is 16.7. The Morgan fingerprint density at radius 2 is 1.39 bits per heavy atom. The topological polar surface area (TPSA) is 49.4 Å². The highest BCUT2D eigenvalue weighted by Gasteiger charge is 2.40. The second-order valence-corrected chi connectivity index (χ2v) is 7.30. The normalized spacial score (nSPS) is 13.9. The number of benzene rings is 3. The molecular weight excluding hydrogens is 405 g/mol. The first-order valence-electron chi connectivity index (χ1n) is 9.44. The minimum absolute atomic E-state index is 0.00823. The molecule has 1 heterocycles. The maximum atomic E-state index is 13.8. The molecule has 0 unspecified atom stereocenters. The Balaban J connectivity index is 1.84. The van der Waals surface area contributed by atoms with Gasteiger partial charge in [0.15, 0.2) is 11.6 Å². The van der Waals surface area contributed by atoms with Crippen molar-refractivity contribution in [3.63, 3.8) is 0 Å². The summed E-state index contributed by atoms with van der Waals surface area (Å²) in [6.45, 7) is 3.78. The molecule has 0 spiro atoms. The fourth-order valence-electron chi connectivity index (χ4n) is 3.58. The lowest BCUT2D eigenvalue weighted by Gasteiger charge is -2.16. The summed E-state index contributed by atoms with van der Waals surface area (Å²) in [6.07, 6.45) is 0. The van der Waals surface area contributed by atoms with Crippen molar-refractivity contribution >= 4 is 28.8 Å². The third-order valence-electron chi connectivity index (χ3n) is 4.87. The Bertz CT molecular complexity index is 1230. The number of hydrogen-bond donors (Lipinski definition) is 1. The van der Waals surface area contributed by atoms with Crippen LogP contribution in [0.2, 0.25) is 0 Å². The van der Waals surface area contributed by atoms with Gasteiger partial charge in [0.2, 0.25) is 0 Å². The average molecular weight is 422 g/mol. The molecule has 31 heavy (non-hydrogen) atoms. The van der Waals surface area contributed by atoms with Crippen LogP contribution < -0.4 is 10.2 Å². The summed E-state index contributed by atoms with van der Waals surface area (Å²) in [6, 6.07) is 13.5. The van der Waals surface area contributed by atoms with Gasteiger partial charge in [-0.25, -0.2) is 18.1 Å². The van der Waals surface area contributed by atoms with Gasteiger partial charge in [-0.3, -0.25) is 9.59 Å². The first-order chi connectivity index (χ1) is 14.7. The van der Waals surface area contributed by atoms with Crippen molar-refractivity contribution in [2.24, 2.45) is 0 Å². The van der Waals surface area contributed by atoms with Gasteiger partial charge in [-0.05, 0) is 66.9 Å². The SMILES string of the molecule is Cc1cc(C)cc(NC2=C(c3ccc(F)cc3)C(=O)N(c3ccc(F)c(F)c3)C2=O)c1. The molecule has 0 saturated carbocycles. The Morgan fingerprint density at radius 3 is 2.00 bits per heavy atom. The first kappa shape index (κ1) is 20.4. The monoisotopic (exact) mass is 422 g/mol. The summed E-state index contributed by atoms with van der Waals surface area (Å²) in [7, 11) is 0. The molecule has 1 aliphatic heterocycles. The summed E-state index contributed by atoms with van der Waals surface area (Å²) < 4.78 is 40.6. The van der Waals surface area contributed by atoms with Crippen molar-refractivity contribution in [3.05, 3.63) is 101 Å². The molecule has 156 valence electrons. The number of anilines is 2. The van der Waals surface area contributed by atoms with Crippen molar-refractivity contribution in [2.45, 2.75) is 13.8 Å². The number of rotatable bonds is 4. The lowest BCUT2D eigenvalue weighted by molar-refractivity contribution is -0.120. The van der Waals surface area contributed by atoms with Crippen LogP contribution in [-0.4, -0.2) is 11.8 Å². The number of halogens is 3. The molecule has 2 amide bonds. The molecule has 0 aromatic heterocycles. The molecule has 4 rings (SSSR count). The van der Waals surface area contributed by atoms with E-state index in [9.17, 15) is 22.8 Å². The molecular formula is C24H17F3N2O2. The van der Waals surface area contributed by atoms with Crippen molar-refractivity contribution in [2.75, 3.05) is 10.2 Å². The van der Waals surface area contributed by atoms with Crippen LogP contribution in [0.3, 0.4) is 0 Å².